The van der Waals surface area contributed by atoms with Gasteiger partial charge in [-0.15, -0.1) is 12.4 Å². The third-order valence-corrected chi connectivity index (χ3v) is 3.23. The number of hydrogen-bond acceptors (Lipinski definition) is 3. The van der Waals surface area contributed by atoms with Crippen molar-refractivity contribution in [1.29, 1.82) is 0 Å². The molecule has 1 rings (SSSR count). The van der Waals surface area contributed by atoms with Crippen molar-refractivity contribution in [3.05, 3.63) is 28.3 Å². The monoisotopic (exact) mass is 321 g/mol. The molecule has 0 radical (unpaired) electrons. The quantitative estimate of drug-likeness (QED) is 0.787. The summed E-state index contributed by atoms with van der Waals surface area (Å²) in [5.74, 6) is 0.771. The highest BCUT2D eigenvalue weighted by molar-refractivity contribution is 6.32. The molecule has 0 fully saturated rings. The summed E-state index contributed by atoms with van der Waals surface area (Å²) in [6.45, 7) is 5.36. The Hall–Kier alpha value is -0.480. The van der Waals surface area contributed by atoms with Crippen molar-refractivity contribution in [3.8, 4) is 5.75 Å². The smallest absolute Gasteiger partial charge is 0.141 e. The van der Waals surface area contributed by atoms with E-state index in [1.54, 1.807) is 7.11 Å². The predicted molar refractivity (Wildman–Crippen MR) is 87.2 cm³/mol. The SMILES string of the molecule is CCCOc1c(Cl)cc(COC)cc1CC(N)CC.Cl. The summed E-state index contributed by atoms with van der Waals surface area (Å²) in [6, 6.07) is 4.10. The molecule has 0 spiro atoms. The van der Waals surface area contributed by atoms with Crippen molar-refractivity contribution in [1.82, 2.24) is 0 Å². The van der Waals surface area contributed by atoms with Gasteiger partial charge in [0.2, 0.25) is 0 Å². The van der Waals surface area contributed by atoms with Crippen LogP contribution < -0.4 is 10.5 Å². The third kappa shape index (κ3) is 5.88. The molecule has 0 aliphatic rings. The molecule has 116 valence electrons. The summed E-state index contributed by atoms with van der Waals surface area (Å²) in [4.78, 5) is 0. The van der Waals surface area contributed by atoms with Crippen LogP contribution in [0.25, 0.3) is 0 Å². The van der Waals surface area contributed by atoms with Crippen LogP contribution in [-0.2, 0) is 17.8 Å². The number of nitrogens with two attached hydrogens (primary N) is 1. The van der Waals surface area contributed by atoms with Crippen LogP contribution in [-0.4, -0.2) is 19.8 Å². The van der Waals surface area contributed by atoms with E-state index in [4.69, 9.17) is 26.8 Å². The highest BCUT2D eigenvalue weighted by atomic mass is 35.5. The second-order valence-electron chi connectivity index (χ2n) is 4.72. The lowest BCUT2D eigenvalue weighted by atomic mass is 10.0. The van der Waals surface area contributed by atoms with Crippen LogP contribution in [0.5, 0.6) is 5.75 Å². The molecule has 5 heteroatoms. The van der Waals surface area contributed by atoms with Gasteiger partial charge in [-0.1, -0.05) is 25.4 Å². The van der Waals surface area contributed by atoms with Gasteiger partial charge in [0.25, 0.3) is 0 Å². The normalized spacial score (nSPS) is 11.8. The van der Waals surface area contributed by atoms with Crippen LogP contribution in [0.15, 0.2) is 12.1 Å². The molecule has 0 saturated carbocycles. The maximum Gasteiger partial charge on any atom is 0.141 e. The number of methoxy groups -OCH3 is 1. The van der Waals surface area contributed by atoms with E-state index in [-0.39, 0.29) is 18.4 Å². The molecule has 1 atom stereocenters. The molecule has 1 unspecified atom stereocenters. The van der Waals surface area contributed by atoms with Gasteiger partial charge >= 0.3 is 0 Å². The van der Waals surface area contributed by atoms with E-state index in [1.807, 2.05) is 6.07 Å². The fourth-order valence-electron chi connectivity index (χ4n) is 1.91. The van der Waals surface area contributed by atoms with Gasteiger partial charge in [-0.05, 0) is 42.5 Å². The van der Waals surface area contributed by atoms with Gasteiger partial charge in [0.05, 0.1) is 18.2 Å². The molecule has 3 nitrogen and oxygen atoms in total. The molecule has 0 heterocycles. The van der Waals surface area contributed by atoms with Crippen molar-refractivity contribution in [2.45, 2.75) is 45.8 Å². The molecule has 20 heavy (non-hydrogen) atoms. The van der Waals surface area contributed by atoms with Crippen LogP contribution in [0.1, 0.15) is 37.8 Å². The fourth-order valence-corrected chi connectivity index (χ4v) is 2.22. The van der Waals surface area contributed by atoms with Crippen LogP contribution in [0, 0.1) is 0 Å². The van der Waals surface area contributed by atoms with Crippen LogP contribution in [0.2, 0.25) is 5.02 Å². The maximum atomic E-state index is 6.31. The lowest BCUT2D eigenvalue weighted by Gasteiger charge is -2.17. The second kappa shape index (κ2) is 10.3. The van der Waals surface area contributed by atoms with Crippen molar-refractivity contribution in [2.24, 2.45) is 5.73 Å². The van der Waals surface area contributed by atoms with Crippen molar-refractivity contribution in [2.75, 3.05) is 13.7 Å². The zero-order valence-electron chi connectivity index (χ0n) is 12.4. The molecular formula is C15H25Cl2NO2. The first-order chi connectivity index (χ1) is 9.12. The minimum absolute atomic E-state index is 0. The average molecular weight is 322 g/mol. The Bertz CT molecular complexity index is 400. The first-order valence-corrected chi connectivity index (χ1v) is 7.18. The van der Waals surface area contributed by atoms with Crippen LogP contribution in [0.4, 0.5) is 0 Å². The van der Waals surface area contributed by atoms with Gasteiger partial charge in [-0.3, -0.25) is 0 Å². The van der Waals surface area contributed by atoms with E-state index in [2.05, 4.69) is 19.9 Å². The lowest BCUT2D eigenvalue weighted by molar-refractivity contribution is 0.184. The summed E-state index contributed by atoms with van der Waals surface area (Å²) in [5, 5.41) is 0.640. The number of halogens is 2. The van der Waals surface area contributed by atoms with Gasteiger partial charge in [0.15, 0.2) is 0 Å². The van der Waals surface area contributed by atoms with Crippen LogP contribution >= 0.6 is 24.0 Å². The molecule has 1 aromatic carbocycles. The summed E-state index contributed by atoms with van der Waals surface area (Å²) in [5.41, 5.74) is 8.17. The second-order valence-corrected chi connectivity index (χ2v) is 5.13. The minimum atomic E-state index is 0. The first-order valence-electron chi connectivity index (χ1n) is 6.80. The Morgan fingerprint density at radius 2 is 2.00 bits per heavy atom. The van der Waals surface area contributed by atoms with E-state index in [1.165, 1.54) is 0 Å². The van der Waals surface area contributed by atoms with Crippen molar-refractivity contribution < 1.29 is 9.47 Å². The van der Waals surface area contributed by atoms with E-state index in [0.717, 1.165) is 36.1 Å². The van der Waals surface area contributed by atoms with Gasteiger partial charge in [0, 0.05) is 13.2 Å². The topological polar surface area (TPSA) is 44.5 Å². The molecule has 2 N–H and O–H groups in total. The summed E-state index contributed by atoms with van der Waals surface area (Å²) >= 11 is 6.31. The Balaban J connectivity index is 0.00000361. The first kappa shape index (κ1) is 19.5. The molecule has 0 aromatic heterocycles. The predicted octanol–water partition coefficient (Wildman–Crippen LogP) is 3.98. The summed E-state index contributed by atoms with van der Waals surface area (Å²) in [6.07, 6.45) is 2.65. The Morgan fingerprint density at radius 1 is 1.30 bits per heavy atom. The Labute approximate surface area is 133 Å². The van der Waals surface area contributed by atoms with Gasteiger partial charge < -0.3 is 15.2 Å². The molecule has 0 aliphatic heterocycles. The van der Waals surface area contributed by atoms with E-state index in [9.17, 15) is 0 Å². The third-order valence-electron chi connectivity index (χ3n) is 2.95. The lowest BCUT2D eigenvalue weighted by Crippen LogP contribution is -2.22. The van der Waals surface area contributed by atoms with Crippen molar-refractivity contribution >= 4 is 24.0 Å². The molecule has 1 aromatic rings. The van der Waals surface area contributed by atoms with Gasteiger partial charge in [-0.2, -0.15) is 0 Å². The Morgan fingerprint density at radius 3 is 2.55 bits per heavy atom. The van der Waals surface area contributed by atoms with E-state index >= 15 is 0 Å². The highest BCUT2D eigenvalue weighted by Crippen LogP contribution is 2.32. The maximum absolute atomic E-state index is 6.31. The van der Waals surface area contributed by atoms with Gasteiger partial charge in [-0.25, -0.2) is 0 Å². The number of benzene rings is 1. The van der Waals surface area contributed by atoms with Gasteiger partial charge in [0.1, 0.15) is 5.75 Å². The zero-order valence-corrected chi connectivity index (χ0v) is 14.0. The fraction of sp³-hybridized carbons (Fsp3) is 0.600. The molecule has 0 bridgehead atoms. The molecular weight excluding hydrogens is 297 g/mol. The minimum Gasteiger partial charge on any atom is -0.492 e. The molecule has 0 saturated heterocycles. The highest BCUT2D eigenvalue weighted by Gasteiger charge is 2.13. The number of hydrogen-bond donors (Lipinski definition) is 1. The molecule has 0 amide bonds. The number of ether oxygens (including phenoxy) is 2. The van der Waals surface area contributed by atoms with Crippen LogP contribution in [0.3, 0.4) is 0 Å². The number of rotatable bonds is 8. The summed E-state index contributed by atoms with van der Waals surface area (Å²) in [7, 11) is 1.67. The zero-order chi connectivity index (χ0) is 14.3. The summed E-state index contributed by atoms with van der Waals surface area (Å²) < 4.78 is 10.9. The molecule has 0 aliphatic carbocycles. The van der Waals surface area contributed by atoms with Crippen molar-refractivity contribution in [3.63, 3.8) is 0 Å². The van der Waals surface area contributed by atoms with E-state index < -0.39 is 0 Å². The standard InChI is InChI=1S/C15H24ClNO2.ClH/c1-4-6-19-15-12(9-13(17)5-2)7-11(10-18-3)8-14(15)16;/h7-8,13H,4-6,9-10,17H2,1-3H3;1H. The Kier molecular flexibility index (Phi) is 10.0. The largest absolute Gasteiger partial charge is 0.492 e. The average Bonchev–Trinajstić information content (AvgIpc) is 2.38. The van der Waals surface area contributed by atoms with E-state index in [0.29, 0.717) is 18.2 Å².